The van der Waals surface area contributed by atoms with Crippen molar-refractivity contribution in [2.45, 2.75) is 25.9 Å². The molecule has 1 aliphatic rings. The van der Waals surface area contributed by atoms with E-state index in [2.05, 4.69) is 16.3 Å². The molecule has 0 spiro atoms. The van der Waals surface area contributed by atoms with Gasteiger partial charge in [-0.3, -0.25) is 4.90 Å². The fraction of sp³-hybridized carbons (Fsp3) is 0.364. The molecule has 3 rings (SSSR count). The minimum absolute atomic E-state index is 0.0485. The van der Waals surface area contributed by atoms with Crippen molar-refractivity contribution in [2.24, 2.45) is 0 Å². The predicted molar refractivity (Wildman–Crippen MR) is 111 cm³/mol. The number of benzene rings is 2. The lowest BCUT2D eigenvalue weighted by Crippen LogP contribution is -2.43. The van der Waals surface area contributed by atoms with Crippen LogP contribution in [0.4, 0.5) is 4.79 Å². The van der Waals surface area contributed by atoms with Crippen LogP contribution < -0.4 is 5.32 Å². The van der Waals surface area contributed by atoms with Crippen molar-refractivity contribution >= 4 is 17.6 Å². The second-order valence-electron chi connectivity index (χ2n) is 7.12. The molecule has 0 bridgehead atoms. The number of urea groups is 1. The minimum Gasteiger partial charge on any atom is -0.331 e. The lowest BCUT2D eigenvalue weighted by Gasteiger charge is -2.25. The number of nitrogens with zero attached hydrogens (tertiary/aromatic N) is 3. The summed E-state index contributed by atoms with van der Waals surface area (Å²) in [6.07, 6.45) is 0.935. The van der Waals surface area contributed by atoms with E-state index in [0.717, 1.165) is 38.2 Å². The van der Waals surface area contributed by atoms with Crippen LogP contribution in [0.15, 0.2) is 48.5 Å². The number of hydrogen-bond acceptors (Lipinski definition) is 3. The van der Waals surface area contributed by atoms with Crippen LogP contribution in [-0.4, -0.2) is 42.0 Å². The number of halogens is 1. The Morgan fingerprint density at radius 3 is 2.61 bits per heavy atom. The van der Waals surface area contributed by atoms with Crippen LogP contribution in [0.1, 0.15) is 36.1 Å². The maximum atomic E-state index is 12.7. The maximum absolute atomic E-state index is 12.7. The molecule has 28 heavy (non-hydrogen) atoms. The van der Waals surface area contributed by atoms with E-state index in [9.17, 15) is 4.79 Å². The Balaban J connectivity index is 1.53. The third-order valence-electron chi connectivity index (χ3n) is 5.08. The summed E-state index contributed by atoms with van der Waals surface area (Å²) in [4.78, 5) is 16.9. The Morgan fingerprint density at radius 2 is 1.89 bits per heavy atom. The van der Waals surface area contributed by atoms with Crippen LogP contribution in [-0.2, 0) is 6.54 Å². The highest BCUT2D eigenvalue weighted by molar-refractivity contribution is 6.31. The third kappa shape index (κ3) is 5.25. The highest BCUT2D eigenvalue weighted by Crippen LogP contribution is 2.22. The molecule has 0 saturated carbocycles. The summed E-state index contributed by atoms with van der Waals surface area (Å²) >= 11 is 6.24. The van der Waals surface area contributed by atoms with Crippen molar-refractivity contribution in [3.05, 3.63) is 70.2 Å². The lowest BCUT2D eigenvalue weighted by atomic mass is 10.1. The summed E-state index contributed by atoms with van der Waals surface area (Å²) < 4.78 is 0. The zero-order valence-electron chi connectivity index (χ0n) is 16.1. The minimum atomic E-state index is -0.140. The first kappa shape index (κ1) is 20.2. The predicted octanol–water partition coefficient (Wildman–Crippen LogP) is 4.19. The van der Waals surface area contributed by atoms with Crippen molar-refractivity contribution in [2.75, 3.05) is 26.2 Å². The quantitative estimate of drug-likeness (QED) is 0.842. The van der Waals surface area contributed by atoms with Crippen molar-refractivity contribution in [1.29, 1.82) is 5.26 Å². The number of carbonyl (C=O) groups excluding carboxylic acids is 1. The SMILES string of the molecule is CC(NC(=O)N1CCCN(Cc2ccc(C#N)cc2)CC1)c1ccccc1Cl. The van der Waals surface area contributed by atoms with Crippen molar-refractivity contribution in [1.82, 2.24) is 15.1 Å². The molecule has 1 atom stereocenters. The fourth-order valence-electron chi connectivity index (χ4n) is 3.46. The number of rotatable bonds is 4. The molecule has 1 fully saturated rings. The molecular formula is C22H25ClN4O. The molecule has 0 aliphatic carbocycles. The Kier molecular flexibility index (Phi) is 6.91. The second-order valence-corrected chi connectivity index (χ2v) is 7.53. The summed E-state index contributed by atoms with van der Waals surface area (Å²) in [5.41, 5.74) is 2.79. The molecule has 1 unspecified atom stereocenters. The Morgan fingerprint density at radius 1 is 1.14 bits per heavy atom. The average molecular weight is 397 g/mol. The van der Waals surface area contributed by atoms with Gasteiger partial charge in [0, 0.05) is 37.7 Å². The van der Waals surface area contributed by atoms with Gasteiger partial charge in [-0.05, 0) is 42.7 Å². The first-order chi connectivity index (χ1) is 13.6. The van der Waals surface area contributed by atoms with E-state index < -0.39 is 0 Å². The topological polar surface area (TPSA) is 59.4 Å². The highest BCUT2D eigenvalue weighted by Gasteiger charge is 2.21. The average Bonchev–Trinajstić information content (AvgIpc) is 2.94. The molecule has 146 valence electrons. The van der Waals surface area contributed by atoms with E-state index in [1.807, 2.05) is 60.4 Å². The van der Waals surface area contributed by atoms with E-state index in [-0.39, 0.29) is 12.1 Å². The monoisotopic (exact) mass is 396 g/mol. The van der Waals surface area contributed by atoms with Gasteiger partial charge < -0.3 is 10.2 Å². The molecule has 1 saturated heterocycles. The lowest BCUT2D eigenvalue weighted by molar-refractivity contribution is 0.194. The van der Waals surface area contributed by atoms with Crippen LogP contribution >= 0.6 is 11.6 Å². The molecule has 2 aromatic rings. The molecule has 0 aromatic heterocycles. The second kappa shape index (κ2) is 9.59. The van der Waals surface area contributed by atoms with E-state index in [1.54, 1.807) is 0 Å². The van der Waals surface area contributed by atoms with E-state index in [0.29, 0.717) is 17.1 Å². The Hall–Kier alpha value is -2.55. The Bertz CT molecular complexity index is 846. The zero-order chi connectivity index (χ0) is 19.9. The van der Waals surface area contributed by atoms with Crippen molar-refractivity contribution in [3.8, 4) is 6.07 Å². The van der Waals surface area contributed by atoms with Gasteiger partial charge in [0.2, 0.25) is 0 Å². The highest BCUT2D eigenvalue weighted by atomic mass is 35.5. The van der Waals surface area contributed by atoms with E-state index in [1.165, 1.54) is 5.56 Å². The van der Waals surface area contributed by atoms with Gasteiger partial charge in [-0.15, -0.1) is 0 Å². The number of nitriles is 1. The Labute approximate surface area is 171 Å². The summed E-state index contributed by atoms with van der Waals surface area (Å²) in [5, 5.41) is 12.6. The number of hydrogen-bond donors (Lipinski definition) is 1. The van der Waals surface area contributed by atoms with Gasteiger partial charge >= 0.3 is 6.03 Å². The number of amides is 2. The maximum Gasteiger partial charge on any atom is 0.317 e. The first-order valence-corrected chi connectivity index (χ1v) is 9.96. The van der Waals surface area contributed by atoms with E-state index >= 15 is 0 Å². The first-order valence-electron chi connectivity index (χ1n) is 9.58. The molecule has 5 nitrogen and oxygen atoms in total. The van der Waals surface area contributed by atoms with Gasteiger partial charge in [-0.1, -0.05) is 41.9 Å². The molecule has 1 N–H and O–H groups in total. The zero-order valence-corrected chi connectivity index (χ0v) is 16.8. The number of carbonyl (C=O) groups is 1. The van der Waals surface area contributed by atoms with Crippen molar-refractivity contribution in [3.63, 3.8) is 0 Å². The molecule has 1 heterocycles. The molecule has 2 aromatic carbocycles. The summed E-state index contributed by atoms with van der Waals surface area (Å²) in [7, 11) is 0. The standard InChI is InChI=1S/C22H25ClN4O/c1-17(20-5-2-3-6-21(20)23)25-22(28)27-12-4-11-26(13-14-27)16-19-9-7-18(15-24)8-10-19/h2-3,5-10,17H,4,11-14,16H2,1H3,(H,25,28). The summed E-state index contributed by atoms with van der Waals surface area (Å²) in [6, 6.07) is 17.2. The fourth-order valence-corrected chi connectivity index (χ4v) is 3.75. The summed E-state index contributed by atoms with van der Waals surface area (Å²) in [5.74, 6) is 0. The van der Waals surface area contributed by atoms with Crippen LogP contribution in [0.5, 0.6) is 0 Å². The molecular weight excluding hydrogens is 372 g/mol. The third-order valence-corrected chi connectivity index (χ3v) is 5.42. The van der Waals surface area contributed by atoms with Gasteiger partial charge in [-0.25, -0.2) is 4.79 Å². The van der Waals surface area contributed by atoms with Gasteiger partial charge in [0.1, 0.15) is 0 Å². The smallest absolute Gasteiger partial charge is 0.317 e. The van der Waals surface area contributed by atoms with Crippen LogP contribution in [0.3, 0.4) is 0 Å². The molecule has 2 amide bonds. The van der Waals surface area contributed by atoms with Gasteiger partial charge in [-0.2, -0.15) is 5.26 Å². The molecule has 1 aliphatic heterocycles. The van der Waals surface area contributed by atoms with Gasteiger partial charge in [0.25, 0.3) is 0 Å². The largest absolute Gasteiger partial charge is 0.331 e. The van der Waals surface area contributed by atoms with Gasteiger partial charge in [0.05, 0.1) is 17.7 Å². The van der Waals surface area contributed by atoms with Crippen LogP contribution in [0, 0.1) is 11.3 Å². The normalized spacial score (nSPS) is 16.1. The molecule has 6 heteroatoms. The van der Waals surface area contributed by atoms with Crippen LogP contribution in [0.2, 0.25) is 5.02 Å². The molecule has 0 radical (unpaired) electrons. The van der Waals surface area contributed by atoms with Gasteiger partial charge in [0.15, 0.2) is 0 Å². The summed E-state index contributed by atoms with van der Waals surface area (Å²) in [6.45, 7) is 5.99. The van der Waals surface area contributed by atoms with Crippen LogP contribution in [0.25, 0.3) is 0 Å². The van der Waals surface area contributed by atoms with E-state index in [4.69, 9.17) is 16.9 Å². The van der Waals surface area contributed by atoms with Crippen molar-refractivity contribution < 1.29 is 4.79 Å². The number of nitrogens with one attached hydrogen (secondary N) is 1.